The van der Waals surface area contributed by atoms with Gasteiger partial charge in [-0.15, -0.1) is 0 Å². The average Bonchev–Trinajstić information content (AvgIpc) is 2.51. The van der Waals surface area contributed by atoms with Gasteiger partial charge in [0.1, 0.15) is 17.5 Å². The lowest BCUT2D eigenvalue weighted by Gasteiger charge is -2.10. The summed E-state index contributed by atoms with van der Waals surface area (Å²) in [5.74, 6) is -1.43. The van der Waals surface area contributed by atoms with Crippen molar-refractivity contribution in [2.75, 3.05) is 7.11 Å². The third-order valence-electron chi connectivity index (χ3n) is 3.02. The van der Waals surface area contributed by atoms with Crippen molar-refractivity contribution in [1.29, 1.82) is 5.26 Å². The first-order chi connectivity index (χ1) is 10.1. The molecule has 0 aliphatic carbocycles. The molecule has 21 heavy (non-hydrogen) atoms. The van der Waals surface area contributed by atoms with E-state index >= 15 is 0 Å². The van der Waals surface area contributed by atoms with Gasteiger partial charge in [0.15, 0.2) is 5.78 Å². The Kier molecular flexibility index (Phi) is 4.71. The van der Waals surface area contributed by atoms with Gasteiger partial charge in [0, 0.05) is 5.56 Å². The van der Waals surface area contributed by atoms with Crippen molar-refractivity contribution < 1.29 is 13.9 Å². The molecule has 0 aliphatic heterocycles. The first-order valence-electron chi connectivity index (χ1n) is 6.09. The van der Waals surface area contributed by atoms with Crippen molar-refractivity contribution in [2.45, 2.75) is 5.92 Å². The Balaban J connectivity index is 2.38. The van der Waals surface area contributed by atoms with Crippen molar-refractivity contribution in [3.63, 3.8) is 0 Å². The number of Topliss-reactive ketones (excluding diaryl/α,β-unsaturated/α-hetero) is 1. The molecule has 2 aromatic carbocycles. The van der Waals surface area contributed by atoms with Crippen LogP contribution >= 0.6 is 15.9 Å². The maximum Gasteiger partial charge on any atom is 0.184 e. The second kappa shape index (κ2) is 6.51. The van der Waals surface area contributed by atoms with E-state index in [0.717, 1.165) is 6.07 Å². The molecular formula is C16H11BrFNO2. The highest BCUT2D eigenvalue weighted by molar-refractivity contribution is 9.10. The molecule has 5 heteroatoms. The topological polar surface area (TPSA) is 50.1 Å². The summed E-state index contributed by atoms with van der Waals surface area (Å²) in [6.07, 6.45) is 0. The summed E-state index contributed by atoms with van der Waals surface area (Å²) in [4.78, 5) is 12.4. The Morgan fingerprint density at radius 1 is 1.33 bits per heavy atom. The molecule has 0 saturated carbocycles. The van der Waals surface area contributed by atoms with E-state index in [4.69, 9.17) is 4.74 Å². The molecule has 0 N–H and O–H groups in total. The largest absolute Gasteiger partial charge is 0.497 e. The van der Waals surface area contributed by atoms with E-state index in [1.54, 1.807) is 24.3 Å². The molecule has 2 aromatic rings. The molecule has 0 aliphatic rings. The third-order valence-corrected chi connectivity index (χ3v) is 3.67. The molecule has 0 heterocycles. The highest BCUT2D eigenvalue weighted by atomic mass is 79.9. The number of benzene rings is 2. The Bertz CT molecular complexity index is 724. The fourth-order valence-electron chi connectivity index (χ4n) is 1.92. The van der Waals surface area contributed by atoms with Crippen molar-refractivity contribution >= 4 is 21.7 Å². The number of nitriles is 1. The molecule has 0 bridgehead atoms. The number of methoxy groups -OCH3 is 1. The maximum atomic E-state index is 13.5. The maximum absolute atomic E-state index is 13.5. The highest BCUT2D eigenvalue weighted by Gasteiger charge is 2.23. The number of halogens is 2. The predicted octanol–water partition coefficient (Wildman–Crippen LogP) is 4.09. The number of hydrogen-bond acceptors (Lipinski definition) is 3. The van der Waals surface area contributed by atoms with Crippen LogP contribution in [0.4, 0.5) is 4.39 Å². The van der Waals surface area contributed by atoms with Gasteiger partial charge in [-0.25, -0.2) is 4.39 Å². The van der Waals surface area contributed by atoms with Crippen molar-refractivity contribution in [3.8, 4) is 11.8 Å². The number of nitrogens with zero attached hydrogens (tertiary/aromatic N) is 1. The molecule has 0 amide bonds. The zero-order valence-electron chi connectivity index (χ0n) is 11.1. The van der Waals surface area contributed by atoms with Gasteiger partial charge < -0.3 is 4.74 Å². The summed E-state index contributed by atoms with van der Waals surface area (Å²) in [7, 11) is 1.51. The minimum atomic E-state index is -0.999. The lowest BCUT2D eigenvalue weighted by atomic mass is 9.92. The van der Waals surface area contributed by atoms with E-state index in [9.17, 15) is 14.4 Å². The Morgan fingerprint density at radius 3 is 2.71 bits per heavy atom. The molecule has 0 spiro atoms. The normalized spacial score (nSPS) is 11.5. The number of ether oxygens (including phenoxy) is 1. The van der Waals surface area contributed by atoms with Gasteiger partial charge in [-0.1, -0.05) is 18.2 Å². The molecule has 0 aromatic heterocycles. The van der Waals surface area contributed by atoms with Crippen LogP contribution in [0.25, 0.3) is 0 Å². The second-order valence-corrected chi connectivity index (χ2v) is 5.19. The van der Waals surface area contributed by atoms with E-state index in [-0.39, 0.29) is 10.0 Å². The zero-order chi connectivity index (χ0) is 15.4. The monoisotopic (exact) mass is 347 g/mol. The van der Waals surface area contributed by atoms with E-state index in [2.05, 4.69) is 15.9 Å². The molecule has 2 rings (SSSR count). The van der Waals surface area contributed by atoms with Gasteiger partial charge in [0.25, 0.3) is 0 Å². The van der Waals surface area contributed by atoms with Gasteiger partial charge in [-0.05, 0) is 45.8 Å². The number of hydrogen-bond donors (Lipinski definition) is 0. The molecule has 3 nitrogen and oxygen atoms in total. The van der Waals surface area contributed by atoms with Crippen LogP contribution in [0.3, 0.4) is 0 Å². The quantitative estimate of drug-likeness (QED) is 0.782. The summed E-state index contributed by atoms with van der Waals surface area (Å²) >= 11 is 3.03. The molecular weight excluding hydrogens is 337 g/mol. The van der Waals surface area contributed by atoms with E-state index in [1.807, 2.05) is 6.07 Å². The van der Waals surface area contributed by atoms with Crippen LogP contribution in [0.1, 0.15) is 21.8 Å². The fraction of sp³-hybridized carbons (Fsp3) is 0.125. The summed E-state index contributed by atoms with van der Waals surface area (Å²) in [6.45, 7) is 0. The van der Waals surface area contributed by atoms with Crippen LogP contribution in [0, 0.1) is 17.1 Å². The van der Waals surface area contributed by atoms with Gasteiger partial charge in [-0.2, -0.15) is 5.26 Å². The number of carbonyl (C=O) groups excluding carboxylic acids is 1. The van der Waals surface area contributed by atoms with Crippen LogP contribution in [0.15, 0.2) is 46.9 Å². The SMILES string of the molecule is COc1cccc(C(C#N)C(=O)c2ccc(Br)c(F)c2)c1. The van der Waals surface area contributed by atoms with Crippen molar-refractivity contribution in [3.05, 3.63) is 63.9 Å². The number of ketones is 1. The first-order valence-corrected chi connectivity index (χ1v) is 6.89. The average molecular weight is 348 g/mol. The summed E-state index contributed by atoms with van der Waals surface area (Å²) < 4.78 is 18.9. The third kappa shape index (κ3) is 3.29. The van der Waals surface area contributed by atoms with Gasteiger partial charge in [0.2, 0.25) is 0 Å². The van der Waals surface area contributed by atoms with Crippen LogP contribution in [0.2, 0.25) is 0 Å². The van der Waals surface area contributed by atoms with Gasteiger partial charge in [-0.3, -0.25) is 4.79 Å². The number of rotatable bonds is 4. The van der Waals surface area contributed by atoms with E-state index in [0.29, 0.717) is 11.3 Å². The molecule has 1 unspecified atom stereocenters. The summed E-state index contributed by atoms with van der Waals surface area (Å²) in [6, 6.07) is 12.7. The molecule has 0 radical (unpaired) electrons. The Morgan fingerprint density at radius 2 is 2.10 bits per heavy atom. The second-order valence-electron chi connectivity index (χ2n) is 4.33. The van der Waals surface area contributed by atoms with Crippen LogP contribution in [-0.4, -0.2) is 12.9 Å². The van der Waals surface area contributed by atoms with Crippen LogP contribution in [-0.2, 0) is 0 Å². The molecule has 0 fully saturated rings. The minimum Gasteiger partial charge on any atom is -0.497 e. The first kappa shape index (κ1) is 15.2. The Labute approximate surface area is 130 Å². The van der Waals surface area contributed by atoms with Gasteiger partial charge >= 0.3 is 0 Å². The zero-order valence-corrected chi connectivity index (χ0v) is 12.7. The molecule has 0 saturated heterocycles. The smallest absolute Gasteiger partial charge is 0.184 e. The highest BCUT2D eigenvalue weighted by Crippen LogP contribution is 2.25. The lowest BCUT2D eigenvalue weighted by Crippen LogP contribution is -2.11. The van der Waals surface area contributed by atoms with Crippen LogP contribution < -0.4 is 4.74 Å². The summed E-state index contributed by atoms with van der Waals surface area (Å²) in [5.41, 5.74) is 0.676. The van der Waals surface area contributed by atoms with Crippen molar-refractivity contribution in [2.24, 2.45) is 0 Å². The summed E-state index contributed by atoms with van der Waals surface area (Å²) in [5, 5.41) is 9.28. The molecule has 1 atom stereocenters. The minimum absolute atomic E-state index is 0.157. The standard InChI is InChI=1S/C16H11BrFNO2/c1-21-12-4-2-3-10(7-12)13(9-19)16(20)11-5-6-14(17)15(18)8-11/h2-8,13H,1H3. The van der Waals surface area contributed by atoms with Crippen LogP contribution in [0.5, 0.6) is 5.75 Å². The fourth-order valence-corrected chi connectivity index (χ4v) is 2.17. The predicted molar refractivity (Wildman–Crippen MR) is 79.8 cm³/mol. The van der Waals surface area contributed by atoms with E-state index in [1.165, 1.54) is 19.2 Å². The van der Waals surface area contributed by atoms with E-state index < -0.39 is 17.5 Å². The lowest BCUT2D eigenvalue weighted by molar-refractivity contribution is 0.0978. The van der Waals surface area contributed by atoms with Gasteiger partial charge in [0.05, 0.1) is 17.7 Å². The number of carbonyl (C=O) groups is 1. The Hall–Kier alpha value is -2.19. The molecule has 106 valence electrons. The van der Waals surface area contributed by atoms with Crippen molar-refractivity contribution in [1.82, 2.24) is 0 Å².